The van der Waals surface area contributed by atoms with Gasteiger partial charge in [-0.25, -0.2) is 14.8 Å². The number of aliphatic carboxylic acids is 2. The summed E-state index contributed by atoms with van der Waals surface area (Å²) in [6.07, 6.45) is 0.938. The van der Waals surface area contributed by atoms with Gasteiger partial charge in [0.25, 0.3) is 5.91 Å². The summed E-state index contributed by atoms with van der Waals surface area (Å²) >= 11 is 0. The monoisotopic (exact) mass is 454 g/mol. The summed E-state index contributed by atoms with van der Waals surface area (Å²) in [5, 5.41) is 23.5. The Morgan fingerprint density at radius 1 is 1.12 bits per heavy atom. The molecule has 8 N–H and O–H groups in total. The fourth-order valence-electron chi connectivity index (χ4n) is 3.02. The number of carbonyl (C=O) groups is 3. The van der Waals surface area contributed by atoms with Gasteiger partial charge in [-0.1, -0.05) is 0 Å². The number of hydrogen-bond acceptors (Lipinski definition) is 10. The molecular weight excluding hydrogens is 432 g/mol. The molecule has 3 rings (SSSR count). The quantitative estimate of drug-likeness (QED) is 0.261. The second-order valence-corrected chi connectivity index (χ2v) is 7.18. The number of carboxylic acids is 2. The van der Waals surface area contributed by atoms with Crippen molar-refractivity contribution in [3.05, 3.63) is 41.2 Å². The zero-order valence-electron chi connectivity index (χ0n) is 17.6. The highest BCUT2D eigenvalue weighted by molar-refractivity contribution is 5.97. The smallest absolute Gasteiger partial charge is 0.326 e. The molecule has 1 amide bonds. The first-order chi connectivity index (χ1) is 15.6. The molecule has 1 unspecified atom stereocenters. The van der Waals surface area contributed by atoms with Gasteiger partial charge in [0.2, 0.25) is 5.95 Å². The van der Waals surface area contributed by atoms with E-state index in [-0.39, 0.29) is 30.2 Å². The molecule has 0 aliphatic rings. The van der Waals surface area contributed by atoms with Crippen LogP contribution in [0.1, 0.15) is 34.5 Å². The molecule has 1 aromatic carbocycles. The van der Waals surface area contributed by atoms with Crippen LogP contribution in [0.25, 0.3) is 11.2 Å². The number of rotatable bonds is 9. The summed E-state index contributed by atoms with van der Waals surface area (Å²) in [5.74, 6) is -2.92. The zero-order valence-corrected chi connectivity index (χ0v) is 17.6. The van der Waals surface area contributed by atoms with Gasteiger partial charge in [-0.3, -0.25) is 9.59 Å². The number of aryl methyl sites for hydroxylation is 1. The van der Waals surface area contributed by atoms with E-state index in [0.29, 0.717) is 23.4 Å². The normalized spacial score (nSPS) is 11.7. The van der Waals surface area contributed by atoms with E-state index in [1.54, 1.807) is 19.1 Å². The lowest BCUT2D eigenvalue weighted by atomic mass is 10.1. The van der Waals surface area contributed by atoms with E-state index >= 15 is 0 Å². The number of nitrogens with two attached hydrogens (primary N) is 2. The van der Waals surface area contributed by atoms with E-state index < -0.39 is 23.9 Å². The Balaban J connectivity index is 1.68. The van der Waals surface area contributed by atoms with Crippen LogP contribution in [-0.2, 0) is 16.1 Å². The predicted molar refractivity (Wildman–Crippen MR) is 118 cm³/mol. The van der Waals surface area contributed by atoms with E-state index in [2.05, 4.69) is 30.6 Å². The molecule has 1 atom stereocenters. The lowest BCUT2D eigenvalue weighted by Gasteiger charge is -2.15. The summed E-state index contributed by atoms with van der Waals surface area (Å²) in [4.78, 5) is 50.8. The summed E-state index contributed by atoms with van der Waals surface area (Å²) in [7, 11) is 0. The fourth-order valence-corrected chi connectivity index (χ4v) is 3.02. The van der Waals surface area contributed by atoms with E-state index in [1.807, 2.05) is 0 Å². The second kappa shape index (κ2) is 9.72. The predicted octanol–water partition coefficient (Wildman–Crippen LogP) is 0.553. The average Bonchev–Trinajstić information content (AvgIpc) is 2.75. The van der Waals surface area contributed by atoms with Crippen molar-refractivity contribution in [3.63, 3.8) is 0 Å². The number of carbonyl (C=O) groups excluding carboxylic acids is 1. The molecule has 0 spiro atoms. The van der Waals surface area contributed by atoms with Crippen LogP contribution in [-0.4, -0.2) is 54.0 Å². The first kappa shape index (κ1) is 23.1. The molecule has 33 heavy (non-hydrogen) atoms. The van der Waals surface area contributed by atoms with Gasteiger partial charge in [0.1, 0.15) is 6.04 Å². The number of nitrogens with one attached hydrogen (secondary N) is 2. The van der Waals surface area contributed by atoms with Gasteiger partial charge in [-0.05, 0) is 37.1 Å². The summed E-state index contributed by atoms with van der Waals surface area (Å²) in [5.41, 5.74) is 14.3. The summed E-state index contributed by atoms with van der Waals surface area (Å²) in [6.45, 7) is 2.08. The minimum absolute atomic E-state index is 0.0106. The minimum atomic E-state index is -1.30. The summed E-state index contributed by atoms with van der Waals surface area (Å²) in [6, 6.07) is 3.49. The number of anilines is 3. The van der Waals surface area contributed by atoms with Crippen molar-refractivity contribution in [1.82, 2.24) is 25.3 Å². The van der Waals surface area contributed by atoms with Gasteiger partial charge in [0.15, 0.2) is 17.0 Å². The minimum Gasteiger partial charge on any atom is -0.481 e. The molecule has 3 aromatic rings. The SMILES string of the molecule is Cc1cc(C(=O)NC(CCC(=O)O)C(=O)O)ccc1NCc1cnc2nc(N)nc(N)c2n1. The van der Waals surface area contributed by atoms with E-state index in [1.165, 1.54) is 12.3 Å². The number of nitrogens with zero attached hydrogens (tertiary/aromatic N) is 4. The maximum Gasteiger partial charge on any atom is 0.326 e. The molecule has 0 aliphatic carbocycles. The first-order valence-corrected chi connectivity index (χ1v) is 9.78. The Kier molecular flexibility index (Phi) is 6.81. The third-order valence-corrected chi connectivity index (χ3v) is 4.70. The Labute approximate surface area is 187 Å². The van der Waals surface area contributed by atoms with E-state index in [9.17, 15) is 19.5 Å². The van der Waals surface area contributed by atoms with Crippen molar-refractivity contribution in [1.29, 1.82) is 0 Å². The van der Waals surface area contributed by atoms with Gasteiger partial charge in [0, 0.05) is 17.7 Å². The molecule has 13 nitrogen and oxygen atoms in total. The maximum atomic E-state index is 12.4. The lowest BCUT2D eigenvalue weighted by Crippen LogP contribution is -2.41. The Morgan fingerprint density at radius 2 is 1.88 bits per heavy atom. The number of benzene rings is 1. The number of carboxylic acid groups (broad SMARTS) is 2. The van der Waals surface area contributed by atoms with Crippen LogP contribution in [0.2, 0.25) is 0 Å². The van der Waals surface area contributed by atoms with Crippen LogP contribution in [0.5, 0.6) is 0 Å². The molecule has 0 aliphatic heterocycles. The number of aromatic nitrogens is 4. The average molecular weight is 454 g/mol. The molecule has 0 bridgehead atoms. The van der Waals surface area contributed by atoms with Crippen molar-refractivity contribution in [2.45, 2.75) is 32.4 Å². The number of amides is 1. The van der Waals surface area contributed by atoms with Crippen molar-refractivity contribution < 1.29 is 24.6 Å². The maximum absolute atomic E-state index is 12.4. The fraction of sp³-hybridized carbons (Fsp3) is 0.250. The van der Waals surface area contributed by atoms with Crippen LogP contribution in [0, 0.1) is 6.92 Å². The van der Waals surface area contributed by atoms with Crippen LogP contribution in [0.4, 0.5) is 17.5 Å². The van der Waals surface area contributed by atoms with Crippen LogP contribution >= 0.6 is 0 Å². The molecular formula is C20H22N8O5. The van der Waals surface area contributed by atoms with Crippen LogP contribution < -0.4 is 22.1 Å². The second-order valence-electron chi connectivity index (χ2n) is 7.18. The van der Waals surface area contributed by atoms with Gasteiger partial charge >= 0.3 is 11.9 Å². The molecule has 172 valence electrons. The third kappa shape index (κ3) is 5.78. The highest BCUT2D eigenvalue weighted by Gasteiger charge is 2.22. The lowest BCUT2D eigenvalue weighted by molar-refractivity contribution is -0.140. The van der Waals surface area contributed by atoms with Gasteiger partial charge in [-0.15, -0.1) is 0 Å². The third-order valence-electron chi connectivity index (χ3n) is 4.70. The van der Waals surface area contributed by atoms with Crippen molar-refractivity contribution in [2.75, 3.05) is 16.8 Å². The Hall–Kier alpha value is -4.55. The highest BCUT2D eigenvalue weighted by Crippen LogP contribution is 2.19. The molecule has 0 radical (unpaired) electrons. The molecule has 0 fully saturated rings. The van der Waals surface area contributed by atoms with Crippen molar-refractivity contribution >= 4 is 46.5 Å². The van der Waals surface area contributed by atoms with E-state index in [4.69, 9.17) is 16.6 Å². The summed E-state index contributed by atoms with van der Waals surface area (Å²) < 4.78 is 0. The van der Waals surface area contributed by atoms with Crippen molar-refractivity contribution in [3.8, 4) is 0 Å². The van der Waals surface area contributed by atoms with E-state index in [0.717, 1.165) is 11.3 Å². The number of hydrogen-bond donors (Lipinski definition) is 6. The molecule has 2 heterocycles. The topological polar surface area (TPSA) is 219 Å². The number of nitrogen functional groups attached to an aromatic ring is 2. The van der Waals surface area contributed by atoms with Gasteiger partial charge in [-0.2, -0.15) is 9.97 Å². The highest BCUT2D eigenvalue weighted by atomic mass is 16.4. The molecule has 2 aromatic heterocycles. The Bertz CT molecular complexity index is 1230. The van der Waals surface area contributed by atoms with Gasteiger partial charge in [0.05, 0.1) is 18.4 Å². The first-order valence-electron chi connectivity index (χ1n) is 9.78. The molecule has 0 saturated heterocycles. The largest absolute Gasteiger partial charge is 0.481 e. The molecule has 0 saturated carbocycles. The number of fused-ring (bicyclic) bond motifs is 1. The van der Waals surface area contributed by atoms with Crippen LogP contribution in [0.15, 0.2) is 24.4 Å². The van der Waals surface area contributed by atoms with Crippen molar-refractivity contribution in [2.24, 2.45) is 0 Å². The molecule has 13 heteroatoms. The van der Waals surface area contributed by atoms with Crippen LogP contribution in [0.3, 0.4) is 0 Å². The standard InChI is InChI=1S/C20H22N8O5/c1-9-6-10(18(31)26-13(19(32)33)4-5-14(29)30)2-3-12(9)23-7-11-8-24-17-15(25-11)16(21)27-20(22)28-17/h2-3,6,8,13,23H,4-5,7H2,1H3,(H,26,31)(H,29,30)(H,32,33)(H4,21,22,24,27,28). The van der Waals surface area contributed by atoms with Gasteiger partial charge < -0.3 is 32.3 Å². The zero-order chi connectivity index (χ0) is 24.1. The Morgan fingerprint density at radius 3 is 2.55 bits per heavy atom.